The highest BCUT2D eigenvalue weighted by Gasteiger charge is 2.48. The molecule has 2 aliphatic rings. The first kappa shape index (κ1) is 9.00. The van der Waals surface area contributed by atoms with Crippen molar-refractivity contribution < 1.29 is 4.79 Å². The van der Waals surface area contributed by atoms with Crippen LogP contribution in [0.1, 0.15) is 32.6 Å². The Morgan fingerprint density at radius 2 is 2.38 bits per heavy atom. The highest BCUT2D eigenvalue weighted by Crippen LogP contribution is 2.48. The molecule has 0 aromatic carbocycles. The third-order valence-electron chi connectivity index (χ3n) is 3.41. The second-order valence-electron chi connectivity index (χ2n) is 4.30. The van der Waals surface area contributed by atoms with Crippen molar-refractivity contribution in [1.29, 1.82) is 0 Å². The van der Waals surface area contributed by atoms with E-state index < -0.39 is 0 Å². The van der Waals surface area contributed by atoms with Crippen molar-refractivity contribution in [3.63, 3.8) is 0 Å². The van der Waals surface area contributed by atoms with E-state index in [1.165, 1.54) is 0 Å². The van der Waals surface area contributed by atoms with Crippen molar-refractivity contribution in [2.24, 2.45) is 5.41 Å². The Morgan fingerprint density at radius 3 is 2.85 bits per heavy atom. The third-order valence-corrected chi connectivity index (χ3v) is 3.41. The van der Waals surface area contributed by atoms with Gasteiger partial charge in [0.1, 0.15) is 0 Å². The zero-order valence-electron chi connectivity index (χ0n) is 8.23. The predicted octanol–water partition coefficient (Wildman–Crippen LogP) is 0.655. The fraction of sp³-hybridized carbons (Fsp3) is 0.900. The first-order valence-electron chi connectivity index (χ1n) is 5.28. The molecule has 1 heterocycles. The SMILES string of the molecule is CCC1(C(=O)N[C@H]2CCNC2)CC1. The van der Waals surface area contributed by atoms with E-state index in [-0.39, 0.29) is 5.41 Å². The van der Waals surface area contributed by atoms with E-state index >= 15 is 0 Å². The number of hydrogen-bond donors (Lipinski definition) is 2. The molecule has 0 bridgehead atoms. The molecule has 1 atom stereocenters. The summed E-state index contributed by atoms with van der Waals surface area (Å²) < 4.78 is 0. The standard InChI is InChI=1S/C10H18N2O/c1-2-10(4-5-10)9(13)12-8-3-6-11-7-8/h8,11H,2-7H2,1H3,(H,12,13)/t8-/m0/s1. The number of nitrogens with one attached hydrogen (secondary N) is 2. The molecule has 0 unspecified atom stereocenters. The van der Waals surface area contributed by atoms with Crippen LogP contribution in [0.3, 0.4) is 0 Å². The molecule has 0 aromatic rings. The lowest BCUT2D eigenvalue weighted by atomic mass is 10.0. The summed E-state index contributed by atoms with van der Waals surface area (Å²) >= 11 is 0. The Labute approximate surface area is 79.3 Å². The quantitative estimate of drug-likeness (QED) is 0.673. The van der Waals surface area contributed by atoms with Gasteiger partial charge in [-0.25, -0.2) is 0 Å². The van der Waals surface area contributed by atoms with E-state index in [1.54, 1.807) is 0 Å². The highest BCUT2D eigenvalue weighted by molar-refractivity contribution is 5.85. The van der Waals surface area contributed by atoms with E-state index in [2.05, 4.69) is 17.6 Å². The Kier molecular flexibility index (Phi) is 2.28. The van der Waals surface area contributed by atoms with Crippen molar-refractivity contribution in [2.45, 2.75) is 38.6 Å². The maximum absolute atomic E-state index is 11.8. The molecule has 13 heavy (non-hydrogen) atoms. The molecule has 1 aliphatic heterocycles. The van der Waals surface area contributed by atoms with Crippen LogP contribution in [0.25, 0.3) is 0 Å². The van der Waals surface area contributed by atoms with Crippen LogP contribution in [0.4, 0.5) is 0 Å². The molecule has 2 N–H and O–H groups in total. The fourth-order valence-corrected chi connectivity index (χ4v) is 2.01. The molecule has 2 rings (SSSR count). The zero-order valence-corrected chi connectivity index (χ0v) is 8.23. The minimum absolute atomic E-state index is 0.0303. The predicted molar refractivity (Wildman–Crippen MR) is 51.4 cm³/mol. The van der Waals surface area contributed by atoms with Gasteiger partial charge in [0, 0.05) is 18.0 Å². The van der Waals surface area contributed by atoms with Crippen LogP contribution in [0.15, 0.2) is 0 Å². The van der Waals surface area contributed by atoms with E-state index in [1.807, 2.05) is 0 Å². The summed E-state index contributed by atoms with van der Waals surface area (Å²) in [6, 6.07) is 0.386. The van der Waals surface area contributed by atoms with Crippen LogP contribution >= 0.6 is 0 Å². The highest BCUT2D eigenvalue weighted by atomic mass is 16.2. The largest absolute Gasteiger partial charge is 0.352 e. The number of carbonyl (C=O) groups excluding carboxylic acids is 1. The lowest BCUT2D eigenvalue weighted by Gasteiger charge is -2.16. The Morgan fingerprint density at radius 1 is 1.62 bits per heavy atom. The monoisotopic (exact) mass is 182 g/mol. The summed E-state index contributed by atoms with van der Waals surface area (Å²) in [7, 11) is 0. The van der Waals surface area contributed by atoms with Crippen molar-refractivity contribution in [3.05, 3.63) is 0 Å². The molecule has 0 aromatic heterocycles. The molecule has 0 radical (unpaired) electrons. The maximum Gasteiger partial charge on any atom is 0.226 e. The van der Waals surface area contributed by atoms with Gasteiger partial charge in [0.25, 0.3) is 0 Å². The number of carbonyl (C=O) groups is 1. The Bertz CT molecular complexity index is 205. The Hall–Kier alpha value is -0.570. The van der Waals surface area contributed by atoms with Gasteiger partial charge >= 0.3 is 0 Å². The van der Waals surface area contributed by atoms with Gasteiger partial charge in [0.2, 0.25) is 5.91 Å². The average molecular weight is 182 g/mol. The van der Waals surface area contributed by atoms with Gasteiger partial charge < -0.3 is 10.6 Å². The van der Waals surface area contributed by atoms with Crippen LogP contribution in [0.5, 0.6) is 0 Å². The minimum atomic E-state index is 0.0303. The van der Waals surface area contributed by atoms with E-state index in [0.717, 1.165) is 38.8 Å². The average Bonchev–Trinajstić information content (AvgIpc) is 2.79. The maximum atomic E-state index is 11.8. The van der Waals surface area contributed by atoms with Gasteiger partial charge in [-0.3, -0.25) is 4.79 Å². The van der Waals surface area contributed by atoms with E-state index in [4.69, 9.17) is 0 Å². The first-order valence-corrected chi connectivity index (χ1v) is 5.28. The summed E-state index contributed by atoms with van der Waals surface area (Å²) in [5.74, 6) is 0.295. The minimum Gasteiger partial charge on any atom is -0.352 e. The van der Waals surface area contributed by atoms with Gasteiger partial charge in [-0.15, -0.1) is 0 Å². The normalized spacial score (nSPS) is 30.1. The van der Waals surface area contributed by atoms with Gasteiger partial charge in [0.15, 0.2) is 0 Å². The van der Waals surface area contributed by atoms with E-state index in [9.17, 15) is 4.79 Å². The molecule has 74 valence electrons. The molecule has 1 saturated carbocycles. The summed E-state index contributed by atoms with van der Waals surface area (Å²) in [4.78, 5) is 11.8. The van der Waals surface area contributed by atoms with Crippen LogP contribution in [0.2, 0.25) is 0 Å². The van der Waals surface area contributed by atoms with Crippen molar-refractivity contribution >= 4 is 5.91 Å². The smallest absolute Gasteiger partial charge is 0.226 e. The van der Waals surface area contributed by atoms with E-state index in [0.29, 0.717) is 11.9 Å². The lowest BCUT2D eigenvalue weighted by Crippen LogP contribution is -2.40. The molecule has 0 spiro atoms. The summed E-state index contributed by atoms with van der Waals surface area (Å²) in [6.07, 6.45) is 4.27. The number of hydrogen-bond acceptors (Lipinski definition) is 2. The summed E-state index contributed by atoms with van der Waals surface area (Å²) in [5.41, 5.74) is 0.0303. The lowest BCUT2D eigenvalue weighted by molar-refractivity contribution is -0.127. The van der Waals surface area contributed by atoms with Crippen LogP contribution < -0.4 is 10.6 Å². The van der Waals surface area contributed by atoms with Crippen molar-refractivity contribution in [2.75, 3.05) is 13.1 Å². The molecule has 1 saturated heterocycles. The molecule has 3 heteroatoms. The molecular formula is C10H18N2O. The number of amides is 1. The molecule has 3 nitrogen and oxygen atoms in total. The molecule has 1 aliphatic carbocycles. The van der Waals surface area contributed by atoms with Crippen molar-refractivity contribution in [3.8, 4) is 0 Å². The van der Waals surface area contributed by atoms with Crippen molar-refractivity contribution in [1.82, 2.24) is 10.6 Å². The van der Waals surface area contributed by atoms with Gasteiger partial charge in [-0.2, -0.15) is 0 Å². The van der Waals surface area contributed by atoms with Gasteiger partial charge in [0.05, 0.1) is 0 Å². The third kappa shape index (κ3) is 1.70. The van der Waals surface area contributed by atoms with Gasteiger partial charge in [-0.05, 0) is 32.2 Å². The van der Waals surface area contributed by atoms with Crippen LogP contribution in [0, 0.1) is 5.41 Å². The molecular weight excluding hydrogens is 164 g/mol. The van der Waals surface area contributed by atoms with Crippen LogP contribution in [-0.2, 0) is 4.79 Å². The molecule has 1 amide bonds. The van der Waals surface area contributed by atoms with Crippen LogP contribution in [-0.4, -0.2) is 25.0 Å². The Balaban J connectivity index is 1.84. The number of rotatable bonds is 3. The summed E-state index contributed by atoms with van der Waals surface area (Å²) in [5, 5.41) is 6.38. The van der Waals surface area contributed by atoms with Gasteiger partial charge in [-0.1, -0.05) is 6.92 Å². The second kappa shape index (κ2) is 3.29. The zero-order chi connectivity index (χ0) is 9.31. The topological polar surface area (TPSA) is 41.1 Å². The second-order valence-corrected chi connectivity index (χ2v) is 4.30. The molecule has 2 fully saturated rings. The fourth-order valence-electron chi connectivity index (χ4n) is 2.01. The summed E-state index contributed by atoms with van der Waals surface area (Å²) in [6.45, 7) is 4.11. The first-order chi connectivity index (χ1) is 6.27.